The molecule has 0 radical (unpaired) electrons. The summed E-state index contributed by atoms with van der Waals surface area (Å²) in [6.07, 6.45) is -3.73. The monoisotopic (exact) mass is 222 g/mol. The highest BCUT2D eigenvalue weighted by atomic mass is 19.4. The van der Waals surface area contributed by atoms with Gasteiger partial charge in [0.25, 0.3) is 5.88 Å². The van der Waals surface area contributed by atoms with Crippen LogP contribution in [-0.4, -0.2) is 16.5 Å². The molecule has 7 heteroatoms. The normalized spacial score (nSPS) is 11.5. The minimum atomic E-state index is -4.88. The lowest BCUT2D eigenvalue weighted by molar-refractivity contribution is -0.276. The summed E-state index contributed by atoms with van der Waals surface area (Å²) in [5.74, 6) is -1.55. The zero-order valence-electron chi connectivity index (χ0n) is 7.80. The molecule has 1 rings (SSSR count). The maximum Gasteiger partial charge on any atom is 0.574 e. The maximum atomic E-state index is 11.9. The fourth-order valence-corrected chi connectivity index (χ4v) is 1.05. The minimum Gasteiger partial charge on any atom is -0.503 e. The molecule has 0 bridgehead atoms. The summed E-state index contributed by atoms with van der Waals surface area (Å²) >= 11 is 0. The molecule has 0 atom stereocenters. The molecule has 1 aromatic rings. The predicted octanol–water partition coefficient (Wildman–Crippen LogP) is 1.45. The molecule has 15 heavy (non-hydrogen) atoms. The van der Waals surface area contributed by atoms with Crippen LogP contribution in [0.2, 0.25) is 0 Å². The molecule has 3 N–H and O–H groups in total. The standard InChI is InChI=1S/C8H9F3N2O2/c1-4-3-13-7(15-8(9,10)11)6(14)5(4)2-12/h3,14H,2,12H2,1H3. The largest absolute Gasteiger partial charge is 0.574 e. The summed E-state index contributed by atoms with van der Waals surface area (Å²) in [7, 11) is 0. The van der Waals surface area contributed by atoms with Crippen molar-refractivity contribution in [3.05, 3.63) is 17.3 Å². The Morgan fingerprint density at radius 1 is 1.53 bits per heavy atom. The first kappa shape index (κ1) is 11.6. The van der Waals surface area contributed by atoms with E-state index in [2.05, 4.69) is 9.72 Å². The Kier molecular flexibility index (Phi) is 3.04. The second-order valence-corrected chi connectivity index (χ2v) is 2.83. The third kappa shape index (κ3) is 2.72. The van der Waals surface area contributed by atoms with Gasteiger partial charge in [-0.25, -0.2) is 4.98 Å². The van der Waals surface area contributed by atoms with Crippen molar-refractivity contribution in [1.29, 1.82) is 0 Å². The molecule has 1 aromatic heterocycles. The topological polar surface area (TPSA) is 68.4 Å². The van der Waals surface area contributed by atoms with Crippen molar-refractivity contribution in [3.8, 4) is 11.6 Å². The molecule has 0 saturated carbocycles. The van der Waals surface area contributed by atoms with Gasteiger partial charge in [-0.2, -0.15) is 0 Å². The molecule has 0 saturated heterocycles. The van der Waals surface area contributed by atoms with E-state index in [0.717, 1.165) is 6.20 Å². The number of aromatic hydroxyl groups is 1. The van der Waals surface area contributed by atoms with E-state index in [4.69, 9.17) is 5.73 Å². The van der Waals surface area contributed by atoms with Gasteiger partial charge in [-0.1, -0.05) is 0 Å². The molecule has 0 amide bonds. The molecule has 0 unspecified atom stereocenters. The average molecular weight is 222 g/mol. The van der Waals surface area contributed by atoms with Gasteiger partial charge in [-0.3, -0.25) is 0 Å². The minimum absolute atomic E-state index is 0.0889. The third-order valence-electron chi connectivity index (χ3n) is 1.76. The number of nitrogens with two attached hydrogens (primary N) is 1. The van der Waals surface area contributed by atoms with Crippen molar-refractivity contribution in [1.82, 2.24) is 4.98 Å². The molecule has 0 aliphatic rings. The van der Waals surface area contributed by atoms with E-state index in [-0.39, 0.29) is 12.1 Å². The van der Waals surface area contributed by atoms with E-state index >= 15 is 0 Å². The van der Waals surface area contributed by atoms with Crippen molar-refractivity contribution in [3.63, 3.8) is 0 Å². The van der Waals surface area contributed by atoms with Crippen LogP contribution in [0.1, 0.15) is 11.1 Å². The number of hydrogen-bond donors (Lipinski definition) is 2. The fraction of sp³-hybridized carbons (Fsp3) is 0.375. The summed E-state index contributed by atoms with van der Waals surface area (Å²) in [5, 5.41) is 9.37. The number of nitrogens with zero attached hydrogens (tertiary/aromatic N) is 1. The lowest BCUT2D eigenvalue weighted by Gasteiger charge is -2.12. The highest BCUT2D eigenvalue weighted by molar-refractivity contribution is 5.44. The van der Waals surface area contributed by atoms with E-state index in [1.165, 1.54) is 0 Å². The average Bonchev–Trinajstić information content (AvgIpc) is 2.09. The van der Waals surface area contributed by atoms with Gasteiger partial charge in [-0.15, -0.1) is 13.2 Å². The van der Waals surface area contributed by atoms with Crippen LogP contribution in [0.25, 0.3) is 0 Å². The second-order valence-electron chi connectivity index (χ2n) is 2.83. The van der Waals surface area contributed by atoms with E-state index in [1.807, 2.05) is 0 Å². The van der Waals surface area contributed by atoms with Crippen molar-refractivity contribution < 1.29 is 23.0 Å². The number of rotatable bonds is 2. The van der Waals surface area contributed by atoms with Crippen molar-refractivity contribution in [2.45, 2.75) is 19.8 Å². The lowest BCUT2D eigenvalue weighted by Crippen LogP contribution is -2.18. The maximum absolute atomic E-state index is 11.9. The Morgan fingerprint density at radius 2 is 2.13 bits per heavy atom. The molecule has 0 fully saturated rings. The van der Waals surface area contributed by atoms with Crippen molar-refractivity contribution in [2.24, 2.45) is 5.73 Å². The third-order valence-corrected chi connectivity index (χ3v) is 1.76. The summed E-state index contributed by atoms with van der Waals surface area (Å²) < 4.78 is 39.1. The molecule has 0 spiro atoms. The Labute approximate surface area is 83.5 Å². The van der Waals surface area contributed by atoms with Gasteiger partial charge < -0.3 is 15.6 Å². The summed E-state index contributed by atoms with van der Waals surface area (Å²) in [6.45, 7) is 1.49. The number of ether oxygens (including phenoxy) is 1. The Hall–Kier alpha value is -1.50. The Balaban J connectivity index is 3.11. The molecule has 0 aliphatic heterocycles. The summed E-state index contributed by atoms with van der Waals surface area (Å²) in [5.41, 5.74) is 5.95. The smallest absolute Gasteiger partial charge is 0.503 e. The second kappa shape index (κ2) is 3.93. The SMILES string of the molecule is Cc1cnc(OC(F)(F)F)c(O)c1CN. The van der Waals surface area contributed by atoms with Crippen LogP contribution in [0, 0.1) is 6.92 Å². The first-order valence-electron chi connectivity index (χ1n) is 3.98. The molecular formula is C8H9F3N2O2. The molecule has 4 nitrogen and oxygen atoms in total. The van der Waals surface area contributed by atoms with Gasteiger partial charge in [0, 0.05) is 18.3 Å². The first-order valence-corrected chi connectivity index (χ1v) is 3.98. The van der Waals surface area contributed by atoms with E-state index < -0.39 is 18.0 Å². The zero-order valence-corrected chi connectivity index (χ0v) is 7.80. The number of pyridine rings is 1. The number of halogens is 3. The first-order chi connectivity index (χ1) is 6.85. The molecular weight excluding hydrogens is 213 g/mol. The van der Waals surface area contributed by atoms with Crippen LogP contribution in [0.3, 0.4) is 0 Å². The lowest BCUT2D eigenvalue weighted by atomic mass is 10.1. The fourth-order valence-electron chi connectivity index (χ4n) is 1.05. The van der Waals surface area contributed by atoms with Crippen LogP contribution in [0.4, 0.5) is 13.2 Å². The van der Waals surface area contributed by atoms with Crippen LogP contribution in [0.5, 0.6) is 11.6 Å². The van der Waals surface area contributed by atoms with Crippen molar-refractivity contribution >= 4 is 0 Å². The molecule has 0 aliphatic carbocycles. The number of hydrogen-bond acceptors (Lipinski definition) is 4. The van der Waals surface area contributed by atoms with E-state index in [1.54, 1.807) is 6.92 Å². The van der Waals surface area contributed by atoms with Gasteiger partial charge in [0.15, 0.2) is 5.75 Å². The summed E-state index contributed by atoms with van der Waals surface area (Å²) in [4.78, 5) is 3.32. The molecule has 0 aromatic carbocycles. The van der Waals surface area contributed by atoms with Gasteiger partial charge in [-0.05, 0) is 12.5 Å². The van der Waals surface area contributed by atoms with Crippen LogP contribution in [0.15, 0.2) is 6.20 Å². The molecule has 1 heterocycles. The Morgan fingerprint density at radius 3 is 2.60 bits per heavy atom. The van der Waals surface area contributed by atoms with Crippen LogP contribution >= 0.6 is 0 Å². The van der Waals surface area contributed by atoms with Gasteiger partial charge >= 0.3 is 6.36 Å². The van der Waals surface area contributed by atoms with Gasteiger partial charge in [0.2, 0.25) is 0 Å². The van der Waals surface area contributed by atoms with Crippen LogP contribution in [-0.2, 0) is 6.54 Å². The zero-order chi connectivity index (χ0) is 11.6. The number of aromatic nitrogens is 1. The number of aryl methyl sites for hydroxylation is 1. The van der Waals surface area contributed by atoms with E-state index in [0.29, 0.717) is 5.56 Å². The van der Waals surface area contributed by atoms with Gasteiger partial charge in [0.05, 0.1) is 0 Å². The quantitative estimate of drug-likeness (QED) is 0.794. The highest BCUT2D eigenvalue weighted by Gasteiger charge is 2.33. The highest BCUT2D eigenvalue weighted by Crippen LogP contribution is 2.33. The van der Waals surface area contributed by atoms with Crippen LogP contribution < -0.4 is 10.5 Å². The predicted molar refractivity (Wildman–Crippen MR) is 45.2 cm³/mol. The van der Waals surface area contributed by atoms with Crippen molar-refractivity contribution in [2.75, 3.05) is 0 Å². The summed E-state index contributed by atoms with van der Waals surface area (Å²) in [6, 6.07) is 0. The van der Waals surface area contributed by atoms with E-state index in [9.17, 15) is 18.3 Å². The van der Waals surface area contributed by atoms with Gasteiger partial charge in [0.1, 0.15) is 0 Å². The molecule has 84 valence electrons. The Bertz CT molecular complexity index is 366. The number of alkyl halides is 3.